The summed E-state index contributed by atoms with van der Waals surface area (Å²) in [4.78, 5) is 54.9. The molecule has 0 saturated carbocycles. The molecular formula is C99H123BrClN17O20S2Zn. The predicted octanol–water partition coefficient (Wildman–Crippen LogP) is 17.4. The van der Waals surface area contributed by atoms with E-state index in [0.29, 0.717) is 57.5 Å². The summed E-state index contributed by atoms with van der Waals surface area (Å²) in [6, 6.07) is 48.0. The molecule has 0 radical (unpaired) electrons. The van der Waals surface area contributed by atoms with Gasteiger partial charge in [0.25, 0.3) is 0 Å². The number of methoxy groups -OCH3 is 5. The second-order valence-corrected chi connectivity index (χ2v) is 31.0. The van der Waals surface area contributed by atoms with Gasteiger partial charge >= 0.3 is 37.4 Å². The number of thiocarbonyl (C=S) groups is 1. The molecule has 0 aliphatic carbocycles. The van der Waals surface area contributed by atoms with E-state index >= 15 is 0 Å². The van der Waals surface area contributed by atoms with Gasteiger partial charge < -0.3 is 112 Å². The van der Waals surface area contributed by atoms with Crippen molar-refractivity contribution in [2.24, 2.45) is 17.3 Å². The summed E-state index contributed by atoms with van der Waals surface area (Å²) in [5.74, 6) is 10.7. The molecule has 3 aromatic heterocycles. The van der Waals surface area contributed by atoms with Gasteiger partial charge in [-0.25, -0.2) is 39.9 Å². The third-order valence-electron chi connectivity index (χ3n) is 15.2. The number of nitrogens with zero attached hydrogens (tertiary/aromatic N) is 11. The number of rotatable bonds is 28. The summed E-state index contributed by atoms with van der Waals surface area (Å²) >= 11 is 14.7. The molecule has 0 aliphatic rings. The van der Waals surface area contributed by atoms with Crippen LogP contribution >= 0.6 is 51.5 Å². The van der Waals surface area contributed by atoms with Crippen LogP contribution in [-0.4, -0.2) is 183 Å². The average Bonchev–Trinajstić information content (AvgIpc) is 1.73. The number of nitrogens with two attached hydrogens (primary N) is 3. The Labute approximate surface area is 860 Å². The number of esters is 3. The Hall–Kier alpha value is -14.2. The Morgan fingerprint density at radius 2 is 0.936 bits per heavy atom. The number of alkyl halides is 1. The standard InChI is InChI=1S/C21H25N3O5.C11H13N3O2.C11H17NO2S.C10H13NO2S.C10H11NO2.C9H9N3O.C8H7NO.C7H7BrO.C6H8O2.C2H5ClO.CH4N2O.2CN.CH4.Zn/c1-14(2)28-19(25)6-8-24-13-22-21(23-24)17-10-16(5)11-18(12-17)27-9-7-20(26)29-15(3)4;1-8-3-9(11-12-6-13-14-11)5-10(4-8)16-7-15-2;1-8-4-9(11(12)15-3)6-10(5-8)14-7-13-2;1-7-3-8(10(11)14)5-9(4-7)13-6-12-2;1-8-3-9(6-11)5-10(4-8)13-7-12-2;1-6-2-7(4-8(13)3-6)9-10-5-11-12-9;1-6-2-7(5-9)4-8(10)3-6;1-5-2-6(8)4-7(9)3-5;1-4-6(7)8-5(2)3;1-4-2-3;2-3-1-4;2*1-2;;/h6-15H,1-5H3;3-6H,7H2,1-2H3,(H,12,13,14);4-6,11H,7,12H2,1-3H3;3-5H,6H2,1-2H3,(H2,11,14);3-5H,7H2,1-2H3;2-5,13H,1H3,(H,10,11,12);2-4,10H,1H3;2-4,9H,1H3;1,5H,2-3H3;2H2,1H3;1H,2H2,(H,3,4);;;1H4;/q;;;;;;;;;;;2*-1;;+2/b8-6-,9-7+;;;;;;;;;;;;;;. The van der Waals surface area contributed by atoms with Crippen molar-refractivity contribution in [3.63, 3.8) is 0 Å². The van der Waals surface area contributed by atoms with Crippen LogP contribution in [0, 0.1) is 114 Å². The monoisotopic (exact) mass is 2110 g/mol. The molecule has 1 amide bonds. The first kappa shape index (κ1) is 133. The first-order chi connectivity index (χ1) is 66.2. The third-order valence-corrected chi connectivity index (χ3v) is 16.9. The smallest absolute Gasteiger partial charge is 0.512 e. The zero-order chi connectivity index (χ0) is 105. The van der Waals surface area contributed by atoms with Crippen LogP contribution in [0.2, 0.25) is 0 Å². The van der Waals surface area contributed by atoms with Gasteiger partial charge in [-0.3, -0.25) is 20.4 Å². The number of phenols is 3. The number of carbonyl (C=O) groups is 4. The fourth-order valence-corrected chi connectivity index (χ4v) is 11.3. The maximum atomic E-state index is 11.6. The van der Waals surface area contributed by atoms with Gasteiger partial charge in [0.15, 0.2) is 44.6 Å². The van der Waals surface area contributed by atoms with Crippen LogP contribution < -0.4 is 46.4 Å². The van der Waals surface area contributed by atoms with Crippen LogP contribution in [0.1, 0.15) is 121 Å². The molecule has 0 bridgehead atoms. The molecule has 37 nitrogen and oxygen atoms in total. The van der Waals surface area contributed by atoms with Gasteiger partial charge in [-0.2, -0.15) is 20.7 Å². The molecule has 0 saturated heterocycles. The topological polar surface area (TPSA) is 548 Å². The number of carbonyl (C=O) groups excluding carboxylic acids is 4. The van der Waals surface area contributed by atoms with Crippen molar-refractivity contribution in [3.8, 4) is 105 Å². The minimum absolute atomic E-state index is 0. The number of amides is 1. The van der Waals surface area contributed by atoms with E-state index in [0.717, 1.165) is 99.9 Å². The minimum atomic E-state index is -0.597. The van der Waals surface area contributed by atoms with Gasteiger partial charge in [0.2, 0.25) is 6.41 Å². The Morgan fingerprint density at radius 1 is 0.553 bits per heavy atom. The fraction of sp³-hybridized carbons (Fsp3) is 0.303. The van der Waals surface area contributed by atoms with Crippen molar-refractivity contribution in [2.75, 3.05) is 75.0 Å². The van der Waals surface area contributed by atoms with Crippen LogP contribution in [0.25, 0.3) is 40.4 Å². The number of aromatic amines is 2. The number of nitriles is 2. The Morgan fingerprint density at radius 3 is 1.33 bits per heavy atom. The number of aromatic hydroxyl groups is 3. The van der Waals surface area contributed by atoms with Crippen molar-refractivity contribution in [3.05, 3.63) is 267 Å². The normalized spacial score (nSPS) is 9.76. The molecule has 141 heavy (non-hydrogen) atoms. The summed E-state index contributed by atoms with van der Waals surface area (Å²) in [5.41, 5.74) is 26.9. The zero-order valence-electron chi connectivity index (χ0n) is 81.6. The van der Waals surface area contributed by atoms with Crippen LogP contribution in [0.4, 0.5) is 0 Å². The summed E-state index contributed by atoms with van der Waals surface area (Å²) in [5, 5.41) is 74.3. The number of aromatic nitrogens is 9. The molecular weight excluding hydrogens is 1990 g/mol. The quantitative estimate of drug-likeness (QED) is 0.00174. The van der Waals surface area contributed by atoms with E-state index in [2.05, 4.69) is 83.8 Å². The average molecular weight is 2120 g/mol. The maximum absolute atomic E-state index is 11.6. The predicted molar refractivity (Wildman–Crippen MR) is 543 cm³/mol. The summed E-state index contributed by atoms with van der Waals surface area (Å²) in [6.07, 6.45) is 16.2. The fourth-order valence-electron chi connectivity index (χ4n) is 10.2. The number of phenolic OH excluding ortho intramolecular Hbond substituents is 3. The largest absolute Gasteiger partial charge is 2.00 e. The summed E-state index contributed by atoms with van der Waals surface area (Å²) in [6.45, 7) is 36.5. The van der Waals surface area contributed by atoms with Crippen molar-refractivity contribution < 1.29 is 116 Å². The molecule has 0 fully saturated rings. The number of thioether (sulfide) groups is 1. The van der Waals surface area contributed by atoms with E-state index in [-0.39, 0.29) is 89.3 Å². The van der Waals surface area contributed by atoms with E-state index in [1.807, 2.05) is 146 Å². The maximum Gasteiger partial charge on any atom is 2.00 e. The molecule has 42 heteroatoms. The number of ether oxygens (including phenoxy) is 13. The van der Waals surface area contributed by atoms with Gasteiger partial charge in [-0.1, -0.05) is 53.2 Å². The Kier molecular flexibility index (Phi) is 75.2. The van der Waals surface area contributed by atoms with E-state index in [1.165, 1.54) is 54.3 Å². The van der Waals surface area contributed by atoms with Crippen molar-refractivity contribution >= 4 is 87.0 Å². The number of terminal acetylenes is 1. The van der Waals surface area contributed by atoms with Crippen LogP contribution in [-0.2, 0) is 76.6 Å². The van der Waals surface area contributed by atoms with Crippen molar-refractivity contribution in [1.82, 2.24) is 50.6 Å². The number of aryl methyl sites for hydroxylation is 8. The molecule has 8 aromatic carbocycles. The van der Waals surface area contributed by atoms with E-state index in [1.54, 1.807) is 155 Å². The zero-order valence-corrected chi connectivity index (χ0v) is 88.6. The molecule has 1 unspecified atom stereocenters. The van der Waals surface area contributed by atoms with Gasteiger partial charge in [-0.15, -0.1) is 23.3 Å². The number of nitrogens with one attached hydrogen (secondary N) is 3. The van der Waals surface area contributed by atoms with Gasteiger partial charge in [0, 0.05) is 80.5 Å². The first-order valence-corrected chi connectivity index (χ1v) is 43.9. The van der Waals surface area contributed by atoms with Crippen molar-refractivity contribution in [1.29, 1.82) is 21.0 Å². The third kappa shape index (κ3) is 63.8. The van der Waals surface area contributed by atoms with Crippen LogP contribution in [0.3, 0.4) is 0 Å². The summed E-state index contributed by atoms with van der Waals surface area (Å²) < 4.78 is 67.2. The van der Waals surface area contributed by atoms with E-state index in [9.17, 15) is 19.5 Å². The number of benzene rings is 8. The summed E-state index contributed by atoms with van der Waals surface area (Å²) in [7, 11) is 7.87. The van der Waals surface area contributed by atoms with Crippen molar-refractivity contribution in [2.45, 2.75) is 128 Å². The molecule has 0 spiro atoms. The molecule has 11 aromatic rings. The molecule has 0 aliphatic heterocycles. The second kappa shape index (κ2) is 79.7. The molecule has 11 rings (SSSR count). The van der Waals surface area contributed by atoms with Gasteiger partial charge in [0.05, 0.1) is 59.3 Å². The minimum Gasteiger partial charge on any atom is -0.512 e. The van der Waals surface area contributed by atoms with Crippen LogP contribution in [0.15, 0.2) is 187 Å². The van der Waals surface area contributed by atoms with Crippen LogP contribution in [0.5, 0.6) is 46.0 Å². The molecule has 1 atom stereocenters. The number of hydrogen-bond acceptors (Lipinski definition) is 34. The molecule has 12 N–H and O–H groups in total. The number of halogens is 2. The Bertz CT molecular complexity index is 5580. The van der Waals surface area contributed by atoms with Gasteiger partial charge in [-0.05, 0) is 293 Å². The Balaban J connectivity index is -0.000000753. The number of hydrazine groups is 1. The van der Waals surface area contributed by atoms with E-state index in [4.69, 9.17) is 143 Å². The van der Waals surface area contributed by atoms with Gasteiger partial charge in [0.1, 0.15) is 76.0 Å². The second-order valence-electron chi connectivity index (χ2n) is 28.5. The first-order valence-electron chi connectivity index (χ1n) is 40.9. The number of hydrogen-bond donors (Lipinski definition) is 9. The molecule has 752 valence electrons. The number of H-pyrrole nitrogens is 2. The van der Waals surface area contributed by atoms with E-state index < -0.39 is 17.9 Å². The molecule has 3 heterocycles. The SMILES string of the molecule is C.C#CC(=O)OC(C)C.COCCl.COCOc1cc(C)cc(-c2ncn[nH]2)c1.COCOc1cc(C)cc(C#N)c1.COCOc1cc(C)cc(C(N)=S)c1.COCOc1cc(C)cc(C(N)SC)c1.Cc1cc(O)cc(-c2ncn[nH]2)c1.Cc1cc(O)cc(Br)c1.Cc1cc(O)cc(C#N)c1.Cc1cc(O/C=C/C(=O)OC(C)C)cc(-c2ncn(/C=C\C(=O)OC(C)C)n2)c1.NNC=O.[C-]#N.[C-]#N.[Zn+2].